The number of nitrogens with one attached hydrogen (secondary N) is 2. The van der Waals surface area contributed by atoms with Crippen LogP contribution in [0.25, 0.3) is 17.0 Å². The lowest BCUT2D eigenvalue weighted by Crippen LogP contribution is -2.42. The minimum Gasteiger partial charge on any atom is -0.494 e. The molecule has 0 atom stereocenters. The minimum atomic E-state index is -0.408. The van der Waals surface area contributed by atoms with E-state index < -0.39 is 5.91 Å². The molecule has 27 heavy (non-hydrogen) atoms. The van der Waals surface area contributed by atoms with Crippen LogP contribution in [0.1, 0.15) is 12.5 Å². The van der Waals surface area contributed by atoms with Gasteiger partial charge in [-0.15, -0.1) is 0 Å². The molecular weight excluding hydrogens is 342 g/mol. The third-order valence-electron chi connectivity index (χ3n) is 3.94. The highest BCUT2D eigenvalue weighted by molar-refractivity contribution is 5.93. The third kappa shape index (κ3) is 4.98. The van der Waals surface area contributed by atoms with Crippen molar-refractivity contribution in [1.29, 1.82) is 0 Å². The van der Waals surface area contributed by atoms with Crippen molar-refractivity contribution in [2.75, 3.05) is 6.61 Å². The number of hydrazine groups is 1. The third-order valence-corrected chi connectivity index (χ3v) is 3.94. The summed E-state index contributed by atoms with van der Waals surface area (Å²) in [6, 6.07) is 17.1. The molecule has 0 unspecified atom stereocenters. The molecule has 0 radical (unpaired) electrons. The number of nitrogens with zero attached hydrogens (tertiary/aromatic N) is 1. The number of para-hydroxylation sites is 1. The van der Waals surface area contributed by atoms with Crippen LogP contribution in [0.15, 0.2) is 66.9 Å². The Kier molecular flexibility index (Phi) is 5.89. The van der Waals surface area contributed by atoms with Gasteiger partial charge in [0.05, 0.1) is 6.61 Å². The minimum absolute atomic E-state index is 0.121. The van der Waals surface area contributed by atoms with E-state index in [9.17, 15) is 9.59 Å². The number of hydrogen-bond acceptors (Lipinski definition) is 3. The molecule has 0 aliphatic carbocycles. The number of carbonyl (C=O) groups is 2. The van der Waals surface area contributed by atoms with E-state index >= 15 is 0 Å². The molecule has 0 fully saturated rings. The Hall–Kier alpha value is -3.54. The quantitative estimate of drug-likeness (QED) is 0.522. The molecule has 2 amide bonds. The van der Waals surface area contributed by atoms with Crippen molar-refractivity contribution in [3.63, 3.8) is 0 Å². The van der Waals surface area contributed by atoms with E-state index in [1.165, 1.54) is 6.08 Å². The molecular formula is C21H21N3O3. The first-order valence-corrected chi connectivity index (χ1v) is 8.69. The molecule has 1 aromatic heterocycles. The fourth-order valence-electron chi connectivity index (χ4n) is 2.66. The van der Waals surface area contributed by atoms with Crippen LogP contribution >= 0.6 is 0 Å². The summed E-state index contributed by atoms with van der Waals surface area (Å²) in [6.07, 6.45) is 4.87. The summed E-state index contributed by atoms with van der Waals surface area (Å²) in [4.78, 5) is 23.9. The van der Waals surface area contributed by atoms with E-state index in [4.69, 9.17) is 4.74 Å². The number of rotatable bonds is 6. The highest BCUT2D eigenvalue weighted by atomic mass is 16.5. The number of benzene rings is 2. The van der Waals surface area contributed by atoms with Crippen molar-refractivity contribution in [3.8, 4) is 5.75 Å². The van der Waals surface area contributed by atoms with Crippen molar-refractivity contribution in [2.24, 2.45) is 0 Å². The van der Waals surface area contributed by atoms with Gasteiger partial charge in [-0.2, -0.15) is 0 Å². The van der Waals surface area contributed by atoms with E-state index in [-0.39, 0.29) is 12.5 Å². The Labute approximate surface area is 157 Å². The SMILES string of the molecule is CCOc1ccc(/C=C/C(=O)NNC(=O)Cn2ccc3ccccc32)cc1. The molecule has 6 nitrogen and oxygen atoms in total. The fraction of sp³-hybridized carbons (Fsp3) is 0.143. The second-order valence-corrected chi connectivity index (χ2v) is 5.88. The van der Waals surface area contributed by atoms with Gasteiger partial charge in [-0.25, -0.2) is 0 Å². The van der Waals surface area contributed by atoms with E-state index in [1.54, 1.807) is 6.08 Å². The Balaban J connectivity index is 1.49. The average molecular weight is 363 g/mol. The van der Waals surface area contributed by atoms with Crippen molar-refractivity contribution in [2.45, 2.75) is 13.5 Å². The van der Waals surface area contributed by atoms with Crippen molar-refractivity contribution in [3.05, 3.63) is 72.4 Å². The van der Waals surface area contributed by atoms with Gasteiger partial charge in [-0.1, -0.05) is 30.3 Å². The van der Waals surface area contributed by atoms with Gasteiger partial charge in [0.2, 0.25) is 0 Å². The number of amides is 2. The molecule has 0 spiro atoms. The maximum atomic E-state index is 12.0. The van der Waals surface area contributed by atoms with Crippen LogP contribution in [0.2, 0.25) is 0 Å². The van der Waals surface area contributed by atoms with Gasteiger partial charge in [0.1, 0.15) is 12.3 Å². The lowest BCUT2D eigenvalue weighted by molar-refractivity contribution is -0.127. The van der Waals surface area contributed by atoms with Gasteiger partial charge in [-0.05, 0) is 48.2 Å². The van der Waals surface area contributed by atoms with Crippen LogP contribution in [-0.2, 0) is 16.1 Å². The van der Waals surface area contributed by atoms with Gasteiger partial charge in [0.15, 0.2) is 0 Å². The Morgan fingerprint density at radius 2 is 1.81 bits per heavy atom. The molecule has 0 saturated carbocycles. The molecule has 2 aromatic carbocycles. The molecule has 0 aliphatic heterocycles. The lowest BCUT2D eigenvalue weighted by atomic mass is 10.2. The molecule has 138 valence electrons. The standard InChI is InChI=1S/C21H21N3O3/c1-2-27-18-10-7-16(8-11-18)9-12-20(25)22-23-21(26)15-24-14-13-17-5-3-4-6-19(17)24/h3-14H,2,15H2,1H3,(H,22,25)(H,23,26)/b12-9+. The zero-order valence-electron chi connectivity index (χ0n) is 15.0. The monoisotopic (exact) mass is 363 g/mol. The largest absolute Gasteiger partial charge is 0.494 e. The summed E-state index contributed by atoms with van der Waals surface area (Å²) in [5.74, 6) is 0.0673. The highest BCUT2D eigenvalue weighted by Gasteiger charge is 2.06. The summed E-state index contributed by atoms with van der Waals surface area (Å²) in [7, 11) is 0. The van der Waals surface area contributed by atoms with Gasteiger partial charge in [0.25, 0.3) is 11.8 Å². The van der Waals surface area contributed by atoms with Gasteiger partial charge >= 0.3 is 0 Å². The predicted octanol–water partition coefficient (Wildman–Crippen LogP) is 2.90. The first kappa shape index (κ1) is 18.3. The van der Waals surface area contributed by atoms with Gasteiger partial charge < -0.3 is 9.30 Å². The van der Waals surface area contributed by atoms with E-state index in [0.29, 0.717) is 6.61 Å². The number of ether oxygens (including phenoxy) is 1. The zero-order valence-corrected chi connectivity index (χ0v) is 15.0. The van der Waals surface area contributed by atoms with Crippen LogP contribution < -0.4 is 15.6 Å². The lowest BCUT2D eigenvalue weighted by Gasteiger charge is -2.07. The Bertz CT molecular complexity index is 958. The molecule has 0 aliphatic rings. The smallest absolute Gasteiger partial charge is 0.262 e. The second-order valence-electron chi connectivity index (χ2n) is 5.88. The molecule has 6 heteroatoms. The van der Waals surface area contributed by atoms with Crippen LogP contribution in [0.5, 0.6) is 5.75 Å². The molecule has 0 saturated heterocycles. The molecule has 1 heterocycles. The summed E-state index contributed by atoms with van der Waals surface area (Å²) >= 11 is 0. The number of fused-ring (bicyclic) bond motifs is 1. The number of hydrogen-bond donors (Lipinski definition) is 2. The predicted molar refractivity (Wildman–Crippen MR) is 105 cm³/mol. The van der Waals surface area contributed by atoms with E-state index in [2.05, 4.69) is 10.9 Å². The van der Waals surface area contributed by atoms with Crippen LogP contribution in [-0.4, -0.2) is 23.0 Å². The van der Waals surface area contributed by atoms with E-state index in [1.807, 2.05) is 72.3 Å². The van der Waals surface area contributed by atoms with E-state index in [0.717, 1.165) is 22.2 Å². The maximum absolute atomic E-state index is 12.0. The Morgan fingerprint density at radius 3 is 2.59 bits per heavy atom. The second kappa shape index (κ2) is 8.71. The Morgan fingerprint density at radius 1 is 1.04 bits per heavy atom. The number of carbonyl (C=O) groups excluding carboxylic acids is 2. The molecule has 3 aromatic rings. The normalized spacial score (nSPS) is 10.9. The van der Waals surface area contributed by atoms with Crippen LogP contribution in [0.3, 0.4) is 0 Å². The highest BCUT2D eigenvalue weighted by Crippen LogP contribution is 2.14. The topological polar surface area (TPSA) is 72.4 Å². The molecule has 3 rings (SSSR count). The summed E-state index contributed by atoms with van der Waals surface area (Å²) in [5, 5.41) is 1.06. The van der Waals surface area contributed by atoms with Crippen molar-refractivity contribution in [1.82, 2.24) is 15.4 Å². The van der Waals surface area contributed by atoms with Crippen LogP contribution in [0, 0.1) is 0 Å². The summed E-state index contributed by atoms with van der Waals surface area (Å²) in [6.45, 7) is 2.65. The van der Waals surface area contributed by atoms with Gasteiger partial charge in [-0.3, -0.25) is 20.4 Å². The van der Waals surface area contributed by atoms with Crippen LogP contribution in [0.4, 0.5) is 0 Å². The maximum Gasteiger partial charge on any atom is 0.262 e. The van der Waals surface area contributed by atoms with Crippen molar-refractivity contribution >= 4 is 28.8 Å². The molecule has 2 N–H and O–H groups in total. The molecule has 0 bridgehead atoms. The first-order valence-electron chi connectivity index (χ1n) is 8.69. The van der Waals surface area contributed by atoms with Gasteiger partial charge in [0, 0.05) is 17.8 Å². The summed E-state index contributed by atoms with van der Waals surface area (Å²) in [5.41, 5.74) is 6.63. The fourth-order valence-corrected chi connectivity index (χ4v) is 2.66. The number of aromatic nitrogens is 1. The summed E-state index contributed by atoms with van der Waals surface area (Å²) < 4.78 is 7.19. The average Bonchev–Trinajstić information content (AvgIpc) is 3.09. The van der Waals surface area contributed by atoms with Crippen molar-refractivity contribution < 1.29 is 14.3 Å². The zero-order chi connectivity index (χ0) is 19.1. The first-order chi connectivity index (χ1) is 13.2.